The lowest BCUT2D eigenvalue weighted by atomic mass is 10.3. The Bertz CT molecular complexity index is 317. The largest absolute Gasteiger partial charge is 0.346 e. The Hall–Kier alpha value is -1.31. The molecule has 70 valence electrons. The summed E-state index contributed by atoms with van der Waals surface area (Å²) in [5.74, 6) is 0.833. The maximum atomic E-state index is 4.09. The first-order valence-electron chi connectivity index (χ1n) is 4.58. The highest BCUT2D eigenvalue weighted by Gasteiger charge is 1.88. The number of hydrogen-bond acceptors (Lipinski definition) is 1. The van der Waals surface area contributed by atoms with Crippen LogP contribution < -0.4 is 0 Å². The van der Waals surface area contributed by atoms with Gasteiger partial charge in [0.2, 0.25) is 0 Å². The quantitative estimate of drug-likeness (QED) is 0.656. The van der Waals surface area contributed by atoms with Crippen molar-refractivity contribution in [1.82, 2.24) is 9.97 Å². The number of pyridine rings is 1. The molecule has 0 unspecified atom stereocenters. The van der Waals surface area contributed by atoms with Crippen molar-refractivity contribution in [3.05, 3.63) is 30.6 Å². The van der Waals surface area contributed by atoms with E-state index in [1.165, 1.54) is 0 Å². The van der Waals surface area contributed by atoms with Gasteiger partial charge in [0, 0.05) is 17.8 Å². The second-order valence-corrected chi connectivity index (χ2v) is 3.65. The number of nitrogens with one attached hydrogen (secondary N) is 1. The van der Waals surface area contributed by atoms with E-state index >= 15 is 0 Å². The second kappa shape index (κ2) is 4.65. The maximum absolute atomic E-state index is 4.09. The van der Waals surface area contributed by atoms with Gasteiger partial charge in [-0.25, -0.2) is 4.98 Å². The summed E-state index contributed by atoms with van der Waals surface area (Å²) in [4.78, 5) is 7.09. The number of aromatic nitrogens is 2. The van der Waals surface area contributed by atoms with Gasteiger partial charge in [-0.1, -0.05) is 20.8 Å². The van der Waals surface area contributed by atoms with Crippen LogP contribution in [0.15, 0.2) is 30.6 Å². The van der Waals surface area contributed by atoms with Crippen molar-refractivity contribution in [2.45, 2.75) is 20.8 Å². The summed E-state index contributed by atoms with van der Waals surface area (Å²) >= 11 is 0. The number of aromatic amines is 1. The van der Waals surface area contributed by atoms with Crippen LogP contribution in [0.1, 0.15) is 20.8 Å². The summed E-state index contributed by atoms with van der Waals surface area (Å²) in [6, 6.07) is 5.96. The fraction of sp³-hybridized carbons (Fsp3) is 0.364. The van der Waals surface area contributed by atoms with Crippen LogP contribution in [-0.2, 0) is 0 Å². The molecular formula is C11H16N2. The Labute approximate surface area is 79.0 Å². The van der Waals surface area contributed by atoms with Crippen molar-refractivity contribution >= 4 is 11.0 Å². The van der Waals surface area contributed by atoms with Gasteiger partial charge in [-0.05, 0) is 24.1 Å². The van der Waals surface area contributed by atoms with Crippen LogP contribution in [0.5, 0.6) is 0 Å². The third-order valence-electron chi connectivity index (χ3n) is 1.32. The lowest BCUT2D eigenvalue weighted by Crippen LogP contribution is -1.70. The van der Waals surface area contributed by atoms with E-state index in [1.807, 2.05) is 24.4 Å². The van der Waals surface area contributed by atoms with Crippen LogP contribution in [-0.4, -0.2) is 9.97 Å². The van der Waals surface area contributed by atoms with Gasteiger partial charge >= 0.3 is 0 Å². The molecule has 0 aliphatic carbocycles. The molecule has 2 heteroatoms. The summed E-state index contributed by atoms with van der Waals surface area (Å²) in [6.45, 7) is 6.50. The number of H-pyrrole nitrogens is 1. The van der Waals surface area contributed by atoms with Crippen molar-refractivity contribution < 1.29 is 0 Å². The molecule has 0 fully saturated rings. The van der Waals surface area contributed by atoms with E-state index < -0.39 is 0 Å². The van der Waals surface area contributed by atoms with E-state index in [0.717, 1.165) is 17.0 Å². The van der Waals surface area contributed by atoms with Gasteiger partial charge in [0.1, 0.15) is 5.65 Å². The molecule has 2 aromatic heterocycles. The normalized spacial score (nSPS) is 9.85. The van der Waals surface area contributed by atoms with Crippen molar-refractivity contribution in [2.24, 2.45) is 5.92 Å². The summed E-state index contributed by atoms with van der Waals surface area (Å²) in [7, 11) is 0. The van der Waals surface area contributed by atoms with Gasteiger partial charge in [-0.2, -0.15) is 0 Å². The Morgan fingerprint density at radius 2 is 1.92 bits per heavy atom. The Balaban J connectivity index is 0.000000184. The van der Waals surface area contributed by atoms with Gasteiger partial charge in [0.25, 0.3) is 0 Å². The lowest BCUT2D eigenvalue weighted by molar-refractivity contribution is 0.737. The van der Waals surface area contributed by atoms with Gasteiger partial charge in [-0.15, -0.1) is 0 Å². The van der Waals surface area contributed by atoms with E-state index in [4.69, 9.17) is 0 Å². The molecule has 0 saturated carbocycles. The molecule has 0 aliphatic rings. The molecular weight excluding hydrogens is 160 g/mol. The number of fused-ring (bicyclic) bond motifs is 1. The van der Waals surface area contributed by atoms with Gasteiger partial charge in [-0.3, -0.25) is 0 Å². The zero-order chi connectivity index (χ0) is 9.68. The summed E-state index contributed by atoms with van der Waals surface area (Å²) in [5, 5.41) is 1.16. The van der Waals surface area contributed by atoms with Gasteiger partial charge < -0.3 is 4.98 Å². The molecule has 0 bridgehead atoms. The van der Waals surface area contributed by atoms with Crippen LogP contribution in [0.4, 0.5) is 0 Å². The van der Waals surface area contributed by atoms with E-state index in [9.17, 15) is 0 Å². The molecule has 2 aromatic rings. The first kappa shape index (κ1) is 9.78. The van der Waals surface area contributed by atoms with Crippen molar-refractivity contribution in [1.29, 1.82) is 0 Å². The van der Waals surface area contributed by atoms with Gasteiger partial charge in [0.05, 0.1) is 0 Å². The molecule has 0 radical (unpaired) electrons. The molecule has 13 heavy (non-hydrogen) atoms. The van der Waals surface area contributed by atoms with E-state index in [0.29, 0.717) is 0 Å². The summed E-state index contributed by atoms with van der Waals surface area (Å²) in [6.07, 6.45) is 3.66. The minimum absolute atomic E-state index is 0.833. The van der Waals surface area contributed by atoms with E-state index in [2.05, 4.69) is 30.7 Å². The fourth-order valence-electron chi connectivity index (χ4n) is 0.883. The number of nitrogens with zero attached hydrogens (tertiary/aromatic N) is 1. The van der Waals surface area contributed by atoms with Crippen LogP contribution in [0.25, 0.3) is 11.0 Å². The highest BCUT2D eigenvalue weighted by atomic mass is 14.8. The third-order valence-corrected chi connectivity index (χ3v) is 1.32. The van der Waals surface area contributed by atoms with Crippen molar-refractivity contribution in [2.75, 3.05) is 0 Å². The zero-order valence-corrected chi connectivity index (χ0v) is 8.41. The minimum Gasteiger partial charge on any atom is -0.346 e. The van der Waals surface area contributed by atoms with Gasteiger partial charge in [0.15, 0.2) is 0 Å². The monoisotopic (exact) mass is 176 g/mol. The molecule has 0 aliphatic heterocycles. The van der Waals surface area contributed by atoms with E-state index in [-0.39, 0.29) is 0 Å². The van der Waals surface area contributed by atoms with Crippen LogP contribution in [0, 0.1) is 5.92 Å². The highest BCUT2D eigenvalue weighted by molar-refractivity contribution is 5.74. The molecule has 2 nitrogen and oxygen atoms in total. The Morgan fingerprint density at radius 3 is 2.54 bits per heavy atom. The van der Waals surface area contributed by atoms with E-state index in [1.54, 1.807) is 6.20 Å². The van der Waals surface area contributed by atoms with Crippen LogP contribution in [0.3, 0.4) is 0 Å². The number of hydrogen-bond donors (Lipinski definition) is 1. The molecule has 0 atom stereocenters. The Kier molecular flexibility index (Phi) is 3.50. The smallest absolute Gasteiger partial charge is 0.137 e. The fourth-order valence-corrected chi connectivity index (χ4v) is 0.883. The molecule has 0 saturated heterocycles. The molecule has 2 heterocycles. The molecule has 0 aromatic carbocycles. The first-order chi connectivity index (χ1) is 6.20. The minimum atomic E-state index is 0.833. The SMILES string of the molecule is CC(C)C.c1cnc2[nH]ccc2c1. The molecule has 1 N–H and O–H groups in total. The predicted molar refractivity (Wildman–Crippen MR) is 56.6 cm³/mol. The van der Waals surface area contributed by atoms with Crippen LogP contribution >= 0.6 is 0 Å². The van der Waals surface area contributed by atoms with Crippen LogP contribution in [0.2, 0.25) is 0 Å². The average molecular weight is 176 g/mol. The third kappa shape index (κ3) is 3.28. The molecule has 2 rings (SSSR count). The Morgan fingerprint density at radius 1 is 1.23 bits per heavy atom. The standard InChI is InChI=1S/C7H6N2.C4H10/c1-2-6-3-5-9-7(6)8-4-1;1-4(2)3/h1-5H,(H,8,9);4H,1-3H3. The zero-order valence-electron chi connectivity index (χ0n) is 8.41. The second-order valence-electron chi connectivity index (χ2n) is 3.65. The highest BCUT2D eigenvalue weighted by Crippen LogP contribution is 2.05. The topological polar surface area (TPSA) is 28.7 Å². The predicted octanol–water partition coefficient (Wildman–Crippen LogP) is 3.23. The molecule has 0 spiro atoms. The average Bonchev–Trinajstić information content (AvgIpc) is 2.49. The summed E-state index contributed by atoms with van der Waals surface area (Å²) in [5.41, 5.74) is 0.956. The molecule has 0 amide bonds. The number of rotatable bonds is 0. The van der Waals surface area contributed by atoms with Crippen molar-refractivity contribution in [3.8, 4) is 0 Å². The maximum Gasteiger partial charge on any atom is 0.137 e. The lowest BCUT2D eigenvalue weighted by Gasteiger charge is -1.82. The van der Waals surface area contributed by atoms with Crippen molar-refractivity contribution in [3.63, 3.8) is 0 Å². The summed E-state index contributed by atoms with van der Waals surface area (Å²) < 4.78 is 0. The first-order valence-corrected chi connectivity index (χ1v) is 4.58.